The van der Waals surface area contributed by atoms with Crippen molar-refractivity contribution >= 4 is 11.6 Å². The van der Waals surface area contributed by atoms with Gasteiger partial charge in [0.15, 0.2) is 0 Å². The van der Waals surface area contributed by atoms with Crippen LogP contribution in [-0.2, 0) is 0 Å². The van der Waals surface area contributed by atoms with Crippen LogP contribution < -0.4 is 4.74 Å². The van der Waals surface area contributed by atoms with Crippen molar-refractivity contribution in [2.75, 3.05) is 0 Å². The van der Waals surface area contributed by atoms with Gasteiger partial charge in [-0.2, -0.15) is 0 Å². The van der Waals surface area contributed by atoms with Crippen LogP contribution in [0.2, 0.25) is 0 Å². The first kappa shape index (κ1) is 13.0. The Balaban J connectivity index is 2.09. The third-order valence-corrected chi connectivity index (χ3v) is 3.04. The Bertz CT molecular complexity index is 841. The quantitative estimate of drug-likeness (QED) is 0.793. The summed E-state index contributed by atoms with van der Waals surface area (Å²) < 4.78 is 7.36. The zero-order valence-electron chi connectivity index (χ0n) is 11.4. The number of aryl methyl sites for hydroxylation is 2. The molecule has 0 saturated carbocycles. The van der Waals surface area contributed by atoms with Crippen molar-refractivity contribution in [2.45, 2.75) is 13.8 Å². The predicted molar refractivity (Wildman–Crippen MR) is 73.7 cm³/mol. The number of fused-ring (bicyclic) bond motifs is 1. The van der Waals surface area contributed by atoms with Crippen LogP contribution in [0.25, 0.3) is 5.65 Å². The number of benzene rings is 1. The summed E-state index contributed by atoms with van der Waals surface area (Å²) >= 11 is 0. The molecule has 0 fully saturated rings. The summed E-state index contributed by atoms with van der Waals surface area (Å²) in [4.78, 5) is 15.4. The van der Waals surface area contributed by atoms with Crippen LogP contribution in [0.15, 0.2) is 30.6 Å². The molecule has 2 heterocycles. The smallest absolute Gasteiger partial charge is 0.339 e. The summed E-state index contributed by atoms with van der Waals surface area (Å²) in [7, 11) is 0. The van der Waals surface area contributed by atoms with Gasteiger partial charge in [0.25, 0.3) is 5.88 Å². The van der Waals surface area contributed by atoms with E-state index in [1.165, 1.54) is 0 Å². The summed E-state index contributed by atoms with van der Waals surface area (Å²) in [5, 5.41) is 17.2. The van der Waals surface area contributed by atoms with Crippen LogP contribution in [0.4, 0.5) is 0 Å². The topological polar surface area (TPSA) is 89.6 Å². The summed E-state index contributed by atoms with van der Waals surface area (Å²) in [5.41, 5.74) is 1.35. The van der Waals surface area contributed by atoms with Crippen molar-refractivity contribution in [3.8, 4) is 11.6 Å². The molecule has 7 nitrogen and oxygen atoms in total. The highest BCUT2D eigenvalue weighted by Crippen LogP contribution is 2.27. The van der Waals surface area contributed by atoms with E-state index in [9.17, 15) is 9.90 Å². The molecule has 21 heavy (non-hydrogen) atoms. The number of rotatable bonds is 3. The standard InChI is InChI=1S/C14H12N4O3/c1-8-3-4-11(10(7-8)14(19)20)21-13-12-17-16-9(2)18(12)6-5-15-13/h3-7H,1-2H3,(H,19,20). The molecule has 0 radical (unpaired) electrons. The highest BCUT2D eigenvalue weighted by Gasteiger charge is 2.15. The van der Waals surface area contributed by atoms with Gasteiger partial charge in [0.1, 0.15) is 17.1 Å². The van der Waals surface area contributed by atoms with Crippen LogP contribution in [0.3, 0.4) is 0 Å². The summed E-state index contributed by atoms with van der Waals surface area (Å²) in [6, 6.07) is 4.93. The Morgan fingerprint density at radius 3 is 2.86 bits per heavy atom. The molecule has 0 aliphatic carbocycles. The molecular weight excluding hydrogens is 272 g/mol. The van der Waals surface area contributed by atoms with E-state index in [1.54, 1.807) is 41.9 Å². The molecule has 3 aromatic rings. The van der Waals surface area contributed by atoms with Crippen molar-refractivity contribution < 1.29 is 14.6 Å². The van der Waals surface area contributed by atoms with E-state index in [-0.39, 0.29) is 17.2 Å². The fourth-order valence-electron chi connectivity index (χ4n) is 2.00. The monoisotopic (exact) mass is 284 g/mol. The third-order valence-electron chi connectivity index (χ3n) is 3.04. The minimum atomic E-state index is -1.06. The number of hydrogen-bond donors (Lipinski definition) is 1. The van der Waals surface area contributed by atoms with E-state index in [1.807, 2.05) is 6.92 Å². The highest BCUT2D eigenvalue weighted by molar-refractivity contribution is 5.91. The molecule has 3 rings (SSSR count). The molecule has 1 N–H and O–H groups in total. The number of carboxylic acid groups (broad SMARTS) is 1. The number of hydrogen-bond acceptors (Lipinski definition) is 5. The fourth-order valence-corrected chi connectivity index (χ4v) is 2.00. The molecule has 0 aliphatic rings. The Morgan fingerprint density at radius 1 is 1.29 bits per heavy atom. The lowest BCUT2D eigenvalue weighted by molar-refractivity contribution is 0.0694. The summed E-state index contributed by atoms with van der Waals surface area (Å²) in [6.45, 7) is 3.62. The van der Waals surface area contributed by atoms with Gasteiger partial charge < -0.3 is 9.84 Å². The lowest BCUT2D eigenvalue weighted by atomic mass is 10.1. The van der Waals surface area contributed by atoms with Crippen LogP contribution in [0.1, 0.15) is 21.7 Å². The lowest BCUT2D eigenvalue weighted by Crippen LogP contribution is -2.02. The van der Waals surface area contributed by atoms with Crippen molar-refractivity contribution in [3.63, 3.8) is 0 Å². The zero-order valence-corrected chi connectivity index (χ0v) is 11.4. The van der Waals surface area contributed by atoms with Gasteiger partial charge >= 0.3 is 5.97 Å². The number of ether oxygens (including phenoxy) is 1. The Kier molecular flexibility index (Phi) is 3.02. The number of carboxylic acids is 1. The van der Waals surface area contributed by atoms with Gasteiger partial charge in [-0.05, 0) is 26.0 Å². The minimum Gasteiger partial charge on any atom is -0.478 e. The van der Waals surface area contributed by atoms with Gasteiger partial charge in [0.2, 0.25) is 5.65 Å². The van der Waals surface area contributed by atoms with E-state index in [4.69, 9.17) is 4.74 Å². The number of carbonyl (C=O) groups is 1. The first-order valence-electron chi connectivity index (χ1n) is 6.24. The molecule has 0 bridgehead atoms. The molecule has 2 aromatic heterocycles. The zero-order chi connectivity index (χ0) is 15.0. The molecule has 0 amide bonds. The third kappa shape index (κ3) is 2.29. The average Bonchev–Trinajstić information content (AvgIpc) is 2.83. The molecule has 7 heteroatoms. The highest BCUT2D eigenvalue weighted by atomic mass is 16.5. The number of aromatic nitrogens is 4. The average molecular weight is 284 g/mol. The van der Waals surface area contributed by atoms with E-state index in [0.29, 0.717) is 11.5 Å². The predicted octanol–water partition coefficient (Wildman–Crippen LogP) is 2.23. The van der Waals surface area contributed by atoms with E-state index in [0.717, 1.165) is 5.56 Å². The largest absolute Gasteiger partial charge is 0.478 e. The van der Waals surface area contributed by atoms with Crippen LogP contribution in [-0.4, -0.2) is 30.7 Å². The van der Waals surface area contributed by atoms with Crippen molar-refractivity contribution in [1.82, 2.24) is 19.6 Å². The SMILES string of the molecule is Cc1ccc(Oc2nccn3c(C)nnc23)c(C(=O)O)c1. The number of aromatic carboxylic acids is 1. The first-order chi connectivity index (χ1) is 10.1. The molecular formula is C14H12N4O3. The van der Waals surface area contributed by atoms with Crippen molar-refractivity contribution in [1.29, 1.82) is 0 Å². The first-order valence-corrected chi connectivity index (χ1v) is 6.24. The second-order valence-electron chi connectivity index (χ2n) is 4.58. The summed E-state index contributed by atoms with van der Waals surface area (Å²) in [6.07, 6.45) is 3.26. The van der Waals surface area contributed by atoms with Crippen LogP contribution in [0.5, 0.6) is 11.6 Å². The number of nitrogens with zero attached hydrogens (tertiary/aromatic N) is 4. The molecule has 0 saturated heterocycles. The van der Waals surface area contributed by atoms with Gasteiger partial charge in [-0.25, -0.2) is 9.78 Å². The molecule has 1 aromatic carbocycles. The van der Waals surface area contributed by atoms with Crippen molar-refractivity contribution in [3.05, 3.63) is 47.5 Å². The van der Waals surface area contributed by atoms with Gasteiger partial charge in [0.05, 0.1) is 0 Å². The Hall–Kier alpha value is -2.96. The fraction of sp³-hybridized carbons (Fsp3) is 0.143. The molecule has 0 aliphatic heterocycles. The normalized spacial score (nSPS) is 10.8. The maximum Gasteiger partial charge on any atom is 0.339 e. The van der Waals surface area contributed by atoms with Crippen molar-refractivity contribution in [2.24, 2.45) is 0 Å². The Labute approximate surface area is 119 Å². The maximum atomic E-state index is 11.3. The molecule has 0 spiro atoms. The van der Waals surface area contributed by atoms with E-state index < -0.39 is 5.97 Å². The molecule has 106 valence electrons. The minimum absolute atomic E-state index is 0.0787. The van der Waals surface area contributed by atoms with Gasteiger partial charge in [-0.15, -0.1) is 10.2 Å². The van der Waals surface area contributed by atoms with Crippen LogP contribution in [0, 0.1) is 13.8 Å². The van der Waals surface area contributed by atoms with Gasteiger partial charge in [-0.1, -0.05) is 11.6 Å². The second-order valence-corrected chi connectivity index (χ2v) is 4.58. The Morgan fingerprint density at radius 2 is 2.10 bits per heavy atom. The van der Waals surface area contributed by atoms with Gasteiger partial charge in [0, 0.05) is 12.4 Å². The molecule has 0 atom stereocenters. The van der Waals surface area contributed by atoms with Gasteiger partial charge in [-0.3, -0.25) is 4.40 Å². The molecule has 0 unspecified atom stereocenters. The van der Waals surface area contributed by atoms with E-state index in [2.05, 4.69) is 15.2 Å². The van der Waals surface area contributed by atoms with E-state index >= 15 is 0 Å². The lowest BCUT2D eigenvalue weighted by Gasteiger charge is -2.09. The second kappa shape index (κ2) is 4.86. The maximum absolute atomic E-state index is 11.3. The summed E-state index contributed by atoms with van der Waals surface area (Å²) in [5.74, 6) is 0.0664. The van der Waals surface area contributed by atoms with Crippen LogP contribution >= 0.6 is 0 Å².